The van der Waals surface area contributed by atoms with Gasteiger partial charge in [0.05, 0.1) is 31.7 Å². The molecule has 0 spiro atoms. The van der Waals surface area contributed by atoms with Gasteiger partial charge in [-0.15, -0.1) is 0 Å². The maximum absolute atomic E-state index is 14.1. The Morgan fingerprint density at radius 1 is 1.18 bits per heavy atom. The van der Waals surface area contributed by atoms with E-state index >= 15 is 0 Å². The highest BCUT2D eigenvalue weighted by molar-refractivity contribution is 5.95. The van der Waals surface area contributed by atoms with Gasteiger partial charge >= 0.3 is 6.18 Å². The molecule has 12 heteroatoms. The minimum Gasteiger partial charge on any atom is -0.496 e. The molecule has 6 nitrogen and oxygen atoms in total. The highest BCUT2D eigenvalue weighted by Gasteiger charge is 2.65. The van der Waals surface area contributed by atoms with Gasteiger partial charge in [0.15, 0.2) is 5.60 Å². The molecule has 1 aliphatic rings. The molecule has 0 aliphatic carbocycles. The molecule has 1 saturated heterocycles. The first-order chi connectivity index (χ1) is 15.9. The summed E-state index contributed by atoms with van der Waals surface area (Å²) in [6.07, 6.45) is -8.76. The number of carbonyl (C=O) groups excluding carboxylic acids is 1. The maximum Gasteiger partial charge on any atom is 0.417 e. The van der Waals surface area contributed by atoms with Crippen LogP contribution in [0.5, 0.6) is 11.6 Å². The number of benzene rings is 1. The molecule has 0 saturated carbocycles. The number of anilines is 1. The van der Waals surface area contributed by atoms with Crippen LogP contribution in [-0.2, 0) is 9.53 Å². The number of nitrogens with zero attached hydrogens (tertiary/aromatic N) is 1. The smallest absolute Gasteiger partial charge is 0.417 e. The van der Waals surface area contributed by atoms with Crippen molar-refractivity contribution in [2.75, 3.05) is 19.5 Å². The molecule has 34 heavy (non-hydrogen) atoms. The van der Waals surface area contributed by atoms with Crippen molar-refractivity contribution in [3.63, 3.8) is 0 Å². The third kappa shape index (κ3) is 4.38. The number of aromatic nitrogens is 1. The minimum atomic E-state index is -4.90. The Morgan fingerprint density at radius 2 is 1.85 bits per heavy atom. The first kappa shape index (κ1) is 25.6. The fraction of sp³-hybridized carbons (Fsp3) is 0.455. The Hall–Kier alpha value is -3.02. The van der Waals surface area contributed by atoms with Crippen molar-refractivity contribution in [3.8, 4) is 11.6 Å². The second kappa shape index (κ2) is 9.32. The summed E-state index contributed by atoms with van der Waals surface area (Å²) in [6.45, 7) is 1.96. The topological polar surface area (TPSA) is 69.7 Å². The summed E-state index contributed by atoms with van der Waals surface area (Å²) >= 11 is 0. The summed E-state index contributed by atoms with van der Waals surface area (Å²) in [7, 11) is 2.37. The van der Waals surface area contributed by atoms with E-state index in [-0.39, 0.29) is 17.1 Å². The Balaban J connectivity index is 2.10. The third-order valence-electron chi connectivity index (χ3n) is 6.09. The van der Waals surface area contributed by atoms with Gasteiger partial charge in [-0.25, -0.2) is 18.2 Å². The Kier molecular flexibility index (Phi) is 7.02. The number of amides is 1. The zero-order chi connectivity index (χ0) is 25.4. The minimum absolute atomic E-state index is 0.140. The number of nitrogens with one attached hydrogen (secondary N) is 1. The van der Waals surface area contributed by atoms with Gasteiger partial charge in [0.1, 0.15) is 17.7 Å². The van der Waals surface area contributed by atoms with Crippen LogP contribution in [0.15, 0.2) is 30.5 Å². The van der Waals surface area contributed by atoms with Crippen LogP contribution >= 0.6 is 0 Å². The summed E-state index contributed by atoms with van der Waals surface area (Å²) in [5.41, 5.74) is -3.97. The number of alkyl halides is 5. The van der Waals surface area contributed by atoms with Crippen LogP contribution in [0.25, 0.3) is 0 Å². The number of halogens is 6. The van der Waals surface area contributed by atoms with Crippen LogP contribution in [0.1, 0.15) is 37.3 Å². The second-order valence-electron chi connectivity index (χ2n) is 7.92. The molecule has 0 radical (unpaired) electrons. The molecular formula is C22H22F6N2O4. The van der Waals surface area contributed by atoms with Gasteiger partial charge in [0.25, 0.3) is 12.3 Å². The van der Waals surface area contributed by atoms with Gasteiger partial charge < -0.3 is 19.5 Å². The quantitative estimate of drug-likeness (QED) is 0.558. The first-order valence-corrected chi connectivity index (χ1v) is 10.1. The zero-order valence-corrected chi connectivity index (χ0v) is 18.5. The van der Waals surface area contributed by atoms with E-state index in [9.17, 15) is 31.1 Å². The van der Waals surface area contributed by atoms with Crippen molar-refractivity contribution in [1.82, 2.24) is 4.98 Å². The van der Waals surface area contributed by atoms with Crippen molar-refractivity contribution in [1.29, 1.82) is 0 Å². The largest absolute Gasteiger partial charge is 0.496 e. The van der Waals surface area contributed by atoms with Crippen molar-refractivity contribution in [3.05, 3.63) is 47.4 Å². The van der Waals surface area contributed by atoms with Crippen LogP contribution in [0.4, 0.5) is 32.0 Å². The second-order valence-corrected chi connectivity index (χ2v) is 7.92. The molecular weight excluding hydrogens is 470 g/mol. The van der Waals surface area contributed by atoms with Crippen molar-refractivity contribution < 1.29 is 45.3 Å². The Bertz CT molecular complexity index is 1050. The van der Waals surface area contributed by atoms with Gasteiger partial charge in [-0.3, -0.25) is 4.79 Å². The number of rotatable bonds is 6. The van der Waals surface area contributed by atoms with E-state index in [2.05, 4.69) is 10.3 Å². The van der Waals surface area contributed by atoms with E-state index in [1.165, 1.54) is 32.4 Å². The number of methoxy groups -OCH3 is 2. The fourth-order valence-electron chi connectivity index (χ4n) is 4.10. The van der Waals surface area contributed by atoms with E-state index in [1.54, 1.807) is 0 Å². The van der Waals surface area contributed by atoms with Gasteiger partial charge in [0, 0.05) is 23.5 Å². The summed E-state index contributed by atoms with van der Waals surface area (Å²) in [5, 5.41) is 2.42. The lowest BCUT2D eigenvalue weighted by Gasteiger charge is -2.32. The summed E-state index contributed by atoms with van der Waals surface area (Å²) in [4.78, 5) is 17.0. The van der Waals surface area contributed by atoms with Crippen molar-refractivity contribution >= 4 is 11.6 Å². The molecule has 4 atom stereocenters. The molecule has 1 aromatic heterocycles. The summed E-state index contributed by atoms with van der Waals surface area (Å²) < 4.78 is 98.4. The molecule has 3 rings (SSSR count). The molecule has 1 fully saturated rings. The molecule has 2 aromatic rings. The third-order valence-corrected chi connectivity index (χ3v) is 6.09. The number of pyridine rings is 1. The van der Waals surface area contributed by atoms with Crippen molar-refractivity contribution in [2.45, 2.75) is 44.1 Å². The standard InChI is InChI=1S/C22H22F6N2O4/c1-10-15(12-6-7-13(23)16(19(24)25)17(12)33-4)18(34-21(10,2)22(26,27)28)20(31)30-11-5-8-14(32-3)29-9-11/h5-10,15,18-19H,1-4H3,(H,30,31)/t10-,15-,18+,21+/m1/s1. The fourth-order valence-corrected chi connectivity index (χ4v) is 4.10. The first-order valence-electron chi connectivity index (χ1n) is 10.1. The number of ether oxygens (including phenoxy) is 3. The van der Waals surface area contributed by atoms with Crippen LogP contribution in [0, 0.1) is 11.7 Å². The lowest BCUT2D eigenvalue weighted by Crippen LogP contribution is -2.47. The highest BCUT2D eigenvalue weighted by atomic mass is 19.4. The average molecular weight is 492 g/mol. The number of hydrogen-bond acceptors (Lipinski definition) is 5. The van der Waals surface area contributed by atoms with E-state index in [0.29, 0.717) is 6.07 Å². The molecule has 0 unspecified atom stereocenters. The van der Waals surface area contributed by atoms with Crippen LogP contribution in [-0.4, -0.2) is 43.0 Å². The van der Waals surface area contributed by atoms with E-state index in [0.717, 1.165) is 20.1 Å². The van der Waals surface area contributed by atoms with E-state index in [1.807, 2.05) is 0 Å². The zero-order valence-electron chi connectivity index (χ0n) is 18.5. The highest BCUT2D eigenvalue weighted by Crippen LogP contribution is 2.55. The molecule has 2 heterocycles. The monoisotopic (exact) mass is 492 g/mol. The predicted molar refractivity (Wildman–Crippen MR) is 109 cm³/mol. The lowest BCUT2D eigenvalue weighted by molar-refractivity contribution is -0.272. The summed E-state index contributed by atoms with van der Waals surface area (Å²) in [5.74, 6) is -5.48. The van der Waals surface area contributed by atoms with Crippen LogP contribution in [0.2, 0.25) is 0 Å². The Labute approximate surface area is 191 Å². The summed E-state index contributed by atoms with van der Waals surface area (Å²) in [6, 6.07) is 4.57. The number of carbonyl (C=O) groups is 1. The van der Waals surface area contributed by atoms with Crippen LogP contribution < -0.4 is 14.8 Å². The molecule has 1 N–H and O–H groups in total. The van der Waals surface area contributed by atoms with Gasteiger partial charge in [0.2, 0.25) is 5.88 Å². The van der Waals surface area contributed by atoms with Crippen LogP contribution in [0.3, 0.4) is 0 Å². The predicted octanol–water partition coefficient (Wildman–Crippen LogP) is 5.25. The SMILES string of the molecule is COc1ccc(NC(=O)[C@H]2O[C@](C)(C(F)(F)F)[C@H](C)[C@@H]2c2ccc(F)c(C(F)F)c2OC)cn1. The number of hydrogen-bond donors (Lipinski definition) is 1. The molecule has 0 bridgehead atoms. The van der Waals surface area contributed by atoms with Gasteiger partial charge in [-0.1, -0.05) is 13.0 Å². The normalized spacial score (nSPS) is 24.9. The average Bonchev–Trinajstić information content (AvgIpc) is 3.05. The lowest BCUT2D eigenvalue weighted by atomic mass is 9.76. The Morgan fingerprint density at radius 3 is 2.35 bits per heavy atom. The molecule has 1 aromatic carbocycles. The molecule has 1 amide bonds. The van der Waals surface area contributed by atoms with E-state index < -0.39 is 59.2 Å². The molecule has 1 aliphatic heterocycles. The van der Waals surface area contributed by atoms with Gasteiger partial charge in [-0.05, 0) is 19.1 Å². The molecule has 186 valence electrons. The van der Waals surface area contributed by atoms with Crippen molar-refractivity contribution in [2.24, 2.45) is 5.92 Å². The van der Waals surface area contributed by atoms with E-state index in [4.69, 9.17) is 14.2 Å². The van der Waals surface area contributed by atoms with Gasteiger partial charge in [-0.2, -0.15) is 13.2 Å². The maximum atomic E-state index is 14.1.